The maximum absolute atomic E-state index is 10.7. The largest absolute Gasteiger partial charge is 0.475 e. The van der Waals surface area contributed by atoms with E-state index in [9.17, 15) is 4.79 Å². The second-order valence-electron chi connectivity index (χ2n) is 4.20. The van der Waals surface area contributed by atoms with E-state index in [0.717, 1.165) is 10.0 Å². The molecule has 0 aliphatic carbocycles. The van der Waals surface area contributed by atoms with Gasteiger partial charge in [-0.3, -0.25) is 0 Å². The third-order valence-electron chi connectivity index (χ3n) is 2.82. The summed E-state index contributed by atoms with van der Waals surface area (Å²) >= 11 is 3.48. The van der Waals surface area contributed by atoms with Crippen LogP contribution in [0.1, 0.15) is 34.8 Å². The summed E-state index contributed by atoms with van der Waals surface area (Å²) in [5.41, 5.74) is 1.14. The van der Waals surface area contributed by atoms with Gasteiger partial charge in [-0.25, -0.2) is 4.79 Å². The molecule has 5 heteroatoms. The van der Waals surface area contributed by atoms with Crippen molar-refractivity contribution in [2.45, 2.75) is 19.5 Å². The summed E-state index contributed by atoms with van der Waals surface area (Å²) in [6.07, 6.45) is 0. The van der Waals surface area contributed by atoms with Gasteiger partial charge in [-0.05, 0) is 30.7 Å². The van der Waals surface area contributed by atoms with Crippen molar-refractivity contribution in [2.24, 2.45) is 0 Å². The smallest absolute Gasteiger partial charge is 0.371 e. The van der Waals surface area contributed by atoms with Crippen LogP contribution in [0.15, 0.2) is 45.3 Å². The molecule has 0 radical (unpaired) electrons. The van der Waals surface area contributed by atoms with Gasteiger partial charge in [0.25, 0.3) is 0 Å². The van der Waals surface area contributed by atoms with Crippen LogP contribution >= 0.6 is 15.9 Å². The quantitative estimate of drug-likeness (QED) is 0.882. The third kappa shape index (κ3) is 3.45. The zero-order valence-electron chi connectivity index (χ0n) is 10.4. The summed E-state index contributed by atoms with van der Waals surface area (Å²) in [4.78, 5) is 10.7. The van der Waals surface area contributed by atoms with Gasteiger partial charge in [0.05, 0.1) is 6.04 Å². The molecule has 100 valence electrons. The Morgan fingerprint density at radius 3 is 2.74 bits per heavy atom. The number of benzene rings is 1. The topological polar surface area (TPSA) is 62.5 Å². The lowest BCUT2D eigenvalue weighted by Crippen LogP contribution is -2.17. The van der Waals surface area contributed by atoms with E-state index in [1.807, 2.05) is 31.2 Å². The van der Waals surface area contributed by atoms with E-state index in [-0.39, 0.29) is 11.8 Å². The van der Waals surface area contributed by atoms with Crippen molar-refractivity contribution >= 4 is 21.9 Å². The molecule has 1 aromatic heterocycles. The zero-order chi connectivity index (χ0) is 13.8. The molecule has 0 saturated heterocycles. The van der Waals surface area contributed by atoms with Crippen molar-refractivity contribution < 1.29 is 14.3 Å². The Kier molecular flexibility index (Phi) is 4.39. The predicted octanol–water partition coefficient (Wildman–Crippen LogP) is 3.59. The average molecular weight is 324 g/mol. The molecule has 0 amide bonds. The van der Waals surface area contributed by atoms with Crippen LogP contribution in [0.3, 0.4) is 0 Å². The van der Waals surface area contributed by atoms with E-state index in [2.05, 4.69) is 21.2 Å². The van der Waals surface area contributed by atoms with Crippen molar-refractivity contribution in [3.8, 4) is 0 Å². The van der Waals surface area contributed by atoms with Crippen LogP contribution in [0, 0.1) is 0 Å². The molecule has 1 heterocycles. The fourth-order valence-electron chi connectivity index (χ4n) is 1.71. The van der Waals surface area contributed by atoms with Gasteiger partial charge in [-0.15, -0.1) is 0 Å². The van der Waals surface area contributed by atoms with Crippen molar-refractivity contribution in [1.29, 1.82) is 0 Å². The number of nitrogens with one attached hydrogen (secondary N) is 1. The molecule has 2 rings (SSSR count). The first kappa shape index (κ1) is 13.8. The minimum atomic E-state index is -1.05. The summed E-state index contributed by atoms with van der Waals surface area (Å²) in [5, 5.41) is 12.1. The van der Waals surface area contributed by atoms with E-state index >= 15 is 0 Å². The lowest BCUT2D eigenvalue weighted by Gasteiger charge is -2.12. The minimum Gasteiger partial charge on any atom is -0.475 e. The van der Waals surface area contributed by atoms with Gasteiger partial charge in [-0.1, -0.05) is 34.1 Å². The van der Waals surface area contributed by atoms with Gasteiger partial charge in [0.2, 0.25) is 5.76 Å². The SMILES string of the molecule is CC(NCc1ccccc1Br)c1ccc(C(=O)O)o1. The van der Waals surface area contributed by atoms with E-state index < -0.39 is 5.97 Å². The van der Waals surface area contributed by atoms with Crippen molar-refractivity contribution in [3.05, 3.63) is 58.0 Å². The molecular formula is C14H14BrNO3. The van der Waals surface area contributed by atoms with Crippen LogP contribution in [0.4, 0.5) is 0 Å². The first-order chi connectivity index (χ1) is 9.08. The molecule has 1 atom stereocenters. The van der Waals surface area contributed by atoms with Gasteiger partial charge < -0.3 is 14.8 Å². The fraction of sp³-hybridized carbons (Fsp3) is 0.214. The number of hydrogen-bond donors (Lipinski definition) is 2. The highest BCUT2D eigenvalue weighted by Gasteiger charge is 2.13. The third-order valence-corrected chi connectivity index (χ3v) is 3.59. The highest BCUT2D eigenvalue weighted by Crippen LogP contribution is 2.19. The van der Waals surface area contributed by atoms with Crippen LogP contribution in [-0.2, 0) is 6.54 Å². The highest BCUT2D eigenvalue weighted by atomic mass is 79.9. The van der Waals surface area contributed by atoms with Gasteiger partial charge >= 0.3 is 5.97 Å². The average Bonchev–Trinajstić information content (AvgIpc) is 2.87. The number of aromatic carboxylic acids is 1. The Hall–Kier alpha value is -1.59. The fourth-order valence-corrected chi connectivity index (χ4v) is 2.13. The van der Waals surface area contributed by atoms with Crippen molar-refractivity contribution in [2.75, 3.05) is 0 Å². The van der Waals surface area contributed by atoms with E-state index in [1.54, 1.807) is 6.07 Å². The first-order valence-corrected chi connectivity index (χ1v) is 6.67. The van der Waals surface area contributed by atoms with E-state index in [0.29, 0.717) is 12.3 Å². The zero-order valence-corrected chi connectivity index (χ0v) is 12.0. The lowest BCUT2D eigenvalue weighted by molar-refractivity contribution is 0.0659. The van der Waals surface area contributed by atoms with Crippen LogP contribution in [0.2, 0.25) is 0 Å². The molecule has 0 saturated carbocycles. The number of rotatable bonds is 5. The number of carbonyl (C=O) groups is 1. The number of hydrogen-bond acceptors (Lipinski definition) is 3. The Bertz CT molecular complexity index is 580. The second kappa shape index (κ2) is 6.04. The number of carboxylic acid groups (broad SMARTS) is 1. The summed E-state index contributed by atoms with van der Waals surface area (Å²) < 4.78 is 6.29. The van der Waals surface area contributed by atoms with Gasteiger partial charge in [0.15, 0.2) is 0 Å². The molecule has 0 spiro atoms. The van der Waals surface area contributed by atoms with Crippen molar-refractivity contribution in [1.82, 2.24) is 5.32 Å². The molecule has 2 N–H and O–H groups in total. The molecule has 0 fully saturated rings. The Morgan fingerprint density at radius 1 is 1.37 bits per heavy atom. The maximum atomic E-state index is 10.7. The van der Waals surface area contributed by atoms with Gasteiger partial charge in [0, 0.05) is 11.0 Å². The van der Waals surface area contributed by atoms with Gasteiger partial charge in [-0.2, -0.15) is 0 Å². The van der Waals surface area contributed by atoms with Crippen LogP contribution < -0.4 is 5.32 Å². The predicted molar refractivity (Wildman–Crippen MR) is 75.1 cm³/mol. The number of furan rings is 1. The van der Waals surface area contributed by atoms with E-state index in [4.69, 9.17) is 9.52 Å². The Morgan fingerprint density at radius 2 is 2.11 bits per heavy atom. The molecular weight excluding hydrogens is 310 g/mol. The lowest BCUT2D eigenvalue weighted by atomic mass is 10.2. The Labute approximate surface area is 119 Å². The summed E-state index contributed by atoms with van der Waals surface area (Å²) in [6.45, 7) is 2.60. The molecule has 0 bridgehead atoms. The molecule has 0 aliphatic heterocycles. The molecule has 19 heavy (non-hydrogen) atoms. The molecule has 0 aliphatic rings. The van der Waals surface area contributed by atoms with Crippen LogP contribution in [0.5, 0.6) is 0 Å². The van der Waals surface area contributed by atoms with Gasteiger partial charge in [0.1, 0.15) is 5.76 Å². The standard InChI is InChI=1S/C14H14BrNO3/c1-9(12-6-7-13(19-12)14(17)18)16-8-10-4-2-3-5-11(10)15/h2-7,9,16H,8H2,1H3,(H,17,18). The maximum Gasteiger partial charge on any atom is 0.371 e. The number of halogens is 1. The number of carboxylic acids is 1. The van der Waals surface area contributed by atoms with E-state index in [1.165, 1.54) is 6.07 Å². The molecule has 1 aromatic carbocycles. The molecule has 4 nitrogen and oxygen atoms in total. The summed E-state index contributed by atoms with van der Waals surface area (Å²) in [7, 11) is 0. The second-order valence-corrected chi connectivity index (χ2v) is 5.06. The summed E-state index contributed by atoms with van der Waals surface area (Å²) in [6, 6.07) is 11.0. The first-order valence-electron chi connectivity index (χ1n) is 5.87. The normalized spacial score (nSPS) is 12.3. The van der Waals surface area contributed by atoms with Crippen LogP contribution in [-0.4, -0.2) is 11.1 Å². The van der Waals surface area contributed by atoms with Crippen LogP contribution in [0.25, 0.3) is 0 Å². The minimum absolute atomic E-state index is 0.0375. The monoisotopic (exact) mass is 323 g/mol. The van der Waals surface area contributed by atoms with Crippen molar-refractivity contribution in [3.63, 3.8) is 0 Å². The Balaban J connectivity index is 1.99. The summed E-state index contributed by atoms with van der Waals surface area (Å²) in [5.74, 6) is -0.474. The highest BCUT2D eigenvalue weighted by molar-refractivity contribution is 9.10. The molecule has 1 unspecified atom stereocenters. The molecule has 2 aromatic rings.